The quantitative estimate of drug-likeness (QED) is 0.840. The Kier molecular flexibility index (Phi) is 4.06. The fourth-order valence-electron chi connectivity index (χ4n) is 3.63. The summed E-state index contributed by atoms with van der Waals surface area (Å²) < 4.78 is 0. The third-order valence-electron chi connectivity index (χ3n) is 4.56. The van der Waals surface area contributed by atoms with Gasteiger partial charge in [0.05, 0.1) is 0 Å². The smallest absolute Gasteiger partial charge is 0.0200 e. The third-order valence-corrected chi connectivity index (χ3v) is 4.56. The van der Waals surface area contributed by atoms with Gasteiger partial charge in [0, 0.05) is 5.54 Å². The van der Waals surface area contributed by atoms with E-state index in [9.17, 15) is 0 Å². The fraction of sp³-hybridized carbons (Fsp3) is 0.667. The van der Waals surface area contributed by atoms with Crippen LogP contribution in [0, 0.1) is 5.41 Å². The summed E-state index contributed by atoms with van der Waals surface area (Å²) in [5, 5.41) is 0. The summed E-state index contributed by atoms with van der Waals surface area (Å²) in [6.07, 6.45) is 5.93. The largest absolute Gasteiger partial charge is 0.325 e. The van der Waals surface area contributed by atoms with Crippen LogP contribution in [0.3, 0.4) is 0 Å². The molecule has 1 unspecified atom stereocenters. The van der Waals surface area contributed by atoms with E-state index in [1.807, 2.05) is 0 Å². The number of rotatable bonds is 3. The Hall–Kier alpha value is -0.820. The third kappa shape index (κ3) is 3.82. The molecule has 1 atom stereocenters. The van der Waals surface area contributed by atoms with E-state index < -0.39 is 0 Å². The van der Waals surface area contributed by atoms with Gasteiger partial charge in [-0.15, -0.1) is 0 Å². The average Bonchev–Trinajstić information content (AvgIpc) is 2.27. The first-order valence-electron chi connectivity index (χ1n) is 7.67. The standard InChI is InChI=1S/C18H29N/c1-14(2)16-8-6-15(7-9-16)12-18(19)11-5-10-17(3,4)13-18/h6-9,14H,5,10-13,19H2,1-4H3. The predicted molar refractivity (Wildman–Crippen MR) is 83.4 cm³/mol. The van der Waals surface area contributed by atoms with E-state index in [-0.39, 0.29) is 5.54 Å². The van der Waals surface area contributed by atoms with E-state index in [0.29, 0.717) is 11.3 Å². The summed E-state index contributed by atoms with van der Waals surface area (Å²) in [7, 11) is 0. The number of benzene rings is 1. The van der Waals surface area contributed by atoms with Crippen LogP contribution in [0.5, 0.6) is 0 Å². The summed E-state index contributed by atoms with van der Waals surface area (Å²) in [5.74, 6) is 0.606. The molecule has 1 nitrogen and oxygen atoms in total. The highest BCUT2D eigenvalue weighted by atomic mass is 14.8. The van der Waals surface area contributed by atoms with Crippen LogP contribution in [0.25, 0.3) is 0 Å². The molecular weight excluding hydrogens is 230 g/mol. The van der Waals surface area contributed by atoms with Gasteiger partial charge < -0.3 is 5.73 Å². The average molecular weight is 259 g/mol. The van der Waals surface area contributed by atoms with Gasteiger partial charge in [0.15, 0.2) is 0 Å². The molecule has 2 N–H and O–H groups in total. The Morgan fingerprint density at radius 3 is 2.26 bits per heavy atom. The van der Waals surface area contributed by atoms with Crippen molar-refractivity contribution in [2.75, 3.05) is 0 Å². The van der Waals surface area contributed by atoms with Crippen LogP contribution in [0.2, 0.25) is 0 Å². The van der Waals surface area contributed by atoms with Crippen molar-refractivity contribution in [2.24, 2.45) is 11.1 Å². The topological polar surface area (TPSA) is 26.0 Å². The molecule has 1 heteroatoms. The fourth-order valence-corrected chi connectivity index (χ4v) is 3.63. The summed E-state index contributed by atoms with van der Waals surface area (Å²) in [5.41, 5.74) is 9.88. The van der Waals surface area contributed by atoms with E-state index in [4.69, 9.17) is 5.73 Å². The van der Waals surface area contributed by atoms with Crippen LogP contribution in [-0.4, -0.2) is 5.54 Å². The second-order valence-electron chi connectivity index (χ2n) is 7.63. The maximum atomic E-state index is 6.66. The van der Waals surface area contributed by atoms with Crippen LogP contribution in [-0.2, 0) is 6.42 Å². The van der Waals surface area contributed by atoms with Crippen LogP contribution in [0.15, 0.2) is 24.3 Å². The van der Waals surface area contributed by atoms with Crippen molar-refractivity contribution in [3.05, 3.63) is 35.4 Å². The van der Waals surface area contributed by atoms with Crippen molar-refractivity contribution in [3.8, 4) is 0 Å². The first kappa shape index (κ1) is 14.6. The molecule has 1 aliphatic carbocycles. The van der Waals surface area contributed by atoms with Gasteiger partial charge in [-0.05, 0) is 48.1 Å². The lowest BCUT2D eigenvalue weighted by Gasteiger charge is -2.42. The highest BCUT2D eigenvalue weighted by Crippen LogP contribution is 2.41. The molecule has 1 fully saturated rings. The minimum atomic E-state index is 0.00109. The van der Waals surface area contributed by atoms with Gasteiger partial charge >= 0.3 is 0 Å². The zero-order chi connectivity index (χ0) is 14.1. The van der Waals surface area contributed by atoms with Crippen LogP contribution in [0.1, 0.15) is 70.4 Å². The molecule has 0 heterocycles. The lowest BCUT2D eigenvalue weighted by Crippen LogP contribution is -2.48. The van der Waals surface area contributed by atoms with E-state index in [0.717, 1.165) is 12.8 Å². The summed E-state index contributed by atoms with van der Waals surface area (Å²) in [4.78, 5) is 0. The second-order valence-corrected chi connectivity index (χ2v) is 7.63. The van der Waals surface area contributed by atoms with Crippen molar-refractivity contribution in [2.45, 2.75) is 71.3 Å². The Morgan fingerprint density at radius 2 is 1.74 bits per heavy atom. The molecule has 1 saturated carbocycles. The van der Waals surface area contributed by atoms with Crippen LogP contribution < -0.4 is 5.73 Å². The maximum Gasteiger partial charge on any atom is 0.0200 e. The first-order valence-corrected chi connectivity index (χ1v) is 7.67. The van der Waals surface area contributed by atoms with Crippen LogP contribution >= 0.6 is 0 Å². The van der Waals surface area contributed by atoms with E-state index in [1.54, 1.807) is 0 Å². The number of nitrogens with two attached hydrogens (primary N) is 1. The monoisotopic (exact) mass is 259 g/mol. The molecule has 0 bridgehead atoms. The summed E-state index contributed by atoms with van der Waals surface area (Å²) in [6, 6.07) is 9.06. The maximum absolute atomic E-state index is 6.66. The zero-order valence-electron chi connectivity index (χ0n) is 13.0. The molecule has 19 heavy (non-hydrogen) atoms. The molecule has 1 aromatic rings. The Bertz CT molecular complexity index is 416. The molecule has 0 radical (unpaired) electrons. The summed E-state index contributed by atoms with van der Waals surface area (Å²) >= 11 is 0. The molecule has 0 spiro atoms. The van der Waals surface area contributed by atoms with Crippen molar-refractivity contribution < 1.29 is 0 Å². The normalized spacial score (nSPS) is 26.6. The molecule has 2 rings (SSSR count). The predicted octanol–water partition coefficient (Wildman–Crippen LogP) is 4.65. The molecule has 0 aromatic heterocycles. The number of hydrogen-bond donors (Lipinski definition) is 1. The molecule has 0 saturated heterocycles. The van der Waals surface area contributed by atoms with Crippen molar-refractivity contribution in [1.29, 1.82) is 0 Å². The highest BCUT2D eigenvalue weighted by molar-refractivity contribution is 5.26. The molecular formula is C18H29N. The lowest BCUT2D eigenvalue weighted by molar-refractivity contribution is 0.151. The van der Waals surface area contributed by atoms with Gasteiger partial charge in [-0.25, -0.2) is 0 Å². The minimum Gasteiger partial charge on any atom is -0.325 e. The SMILES string of the molecule is CC(C)c1ccc(CC2(N)CCCC(C)(C)C2)cc1. The Morgan fingerprint density at radius 1 is 1.11 bits per heavy atom. The van der Waals surface area contributed by atoms with Gasteiger partial charge in [-0.3, -0.25) is 0 Å². The van der Waals surface area contributed by atoms with E-state index in [2.05, 4.69) is 52.0 Å². The Labute approximate surface area is 118 Å². The van der Waals surface area contributed by atoms with Gasteiger partial charge in [-0.1, -0.05) is 58.4 Å². The molecule has 106 valence electrons. The van der Waals surface area contributed by atoms with Crippen molar-refractivity contribution in [1.82, 2.24) is 0 Å². The molecule has 0 amide bonds. The van der Waals surface area contributed by atoms with Gasteiger partial charge in [0.25, 0.3) is 0 Å². The summed E-state index contributed by atoms with van der Waals surface area (Å²) in [6.45, 7) is 9.19. The minimum absolute atomic E-state index is 0.00109. The zero-order valence-corrected chi connectivity index (χ0v) is 13.0. The molecule has 1 aliphatic rings. The first-order chi connectivity index (χ1) is 8.80. The van der Waals surface area contributed by atoms with Crippen molar-refractivity contribution in [3.63, 3.8) is 0 Å². The van der Waals surface area contributed by atoms with Crippen LogP contribution in [0.4, 0.5) is 0 Å². The Balaban J connectivity index is 2.07. The van der Waals surface area contributed by atoms with Gasteiger partial charge in [0.2, 0.25) is 0 Å². The number of hydrogen-bond acceptors (Lipinski definition) is 1. The van der Waals surface area contributed by atoms with Crippen molar-refractivity contribution >= 4 is 0 Å². The lowest BCUT2D eigenvalue weighted by atomic mass is 9.66. The molecule has 0 aliphatic heterocycles. The highest BCUT2D eigenvalue weighted by Gasteiger charge is 2.36. The van der Waals surface area contributed by atoms with E-state index in [1.165, 1.54) is 30.4 Å². The second kappa shape index (κ2) is 5.28. The van der Waals surface area contributed by atoms with E-state index >= 15 is 0 Å². The van der Waals surface area contributed by atoms with Gasteiger partial charge in [0.1, 0.15) is 0 Å². The molecule has 1 aromatic carbocycles. The van der Waals surface area contributed by atoms with Gasteiger partial charge in [-0.2, -0.15) is 0 Å².